The lowest BCUT2D eigenvalue weighted by molar-refractivity contribution is -0.121. The van der Waals surface area contributed by atoms with Gasteiger partial charge in [0.1, 0.15) is 12.2 Å². The van der Waals surface area contributed by atoms with E-state index >= 15 is 0 Å². The molecule has 0 saturated heterocycles. The molecule has 4 heteroatoms. The Labute approximate surface area is 101 Å². The third-order valence-corrected chi connectivity index (χ3v) is 2.48. The van der Waals surface area contributed by atoms with Crippen LogP contribution in [0.3, 0.4) is 0 Å². The van der Waals surface area contributed by atoms with Gasteiger partial charge in [0.15, 0.2) is 0 Å². The number of nitriles is 1. The zero-order valence-electron chi connectivity index (χ0n) is 10.3. The molecule has 1 rings (SSSR count). The van der Waals surface area contributed by atoms with Gasteiger partial charge in [0.25, 0.3) is 0 Å². The molecule has 0 bridgehead atoms. The number of carbonyl (C=O) groups is 1. The zero-order valence-corrected chi connectivity index (χ0v) is 10.3. The fourth-order valence-corrected chi connectivity index (χ4v) is 1.55. The van der Waals surface area contributed by atoms with Crippen LogP contribution in [0.1, 0.15) is 25.8 Å². The van der Waals surface area contributed by atoms with Crippen molar-refractivity contribution in [3.63, 3.8) is 0 Å². The van der Waals surface area contributed by atoms with Gasteiger partial charge in [0.2, 0.25) is 5.91 Å². The van der Waals surface area contributed by atoms with Gasteiger partial charge in [-0.25, -0.2) is 0 Å². The van der Waals surface area contributed by atoms with Crippen molar-refractivity contribution >= 4 is 5.91 Å². The fourth-order valence-electron chi connectivity index (χ4n) is 1.55. The monoisotopic (exact) mass is 232 g/mol. The largest absolute Gasteiger partial charge is 0.497 e. The number of benzene rings is 1. The molecule has 0 aliphatic heterocycles. The van der Waals surface area contributed by atoms with Gasteiger partial charge in [0, 0.05) is 0 Å². The molecule has 1 amide bonds. The highest BCUT2D eigenvalue weighted by Gasteiger charge is 2.22. The summed E-state index contributed by atoms with van der Waals surface area (Å²) in [7, 11) is 1.60. The van der Waals surface area contributed by atoms with Gasteiger partial charge < -0.3 is 10.1 Å². The highest BCUT2D eigenvalue weighted by Crippen LogP contribution is 2.23. The van der Waals surface area contributed by atoms with E-state index in [9.17, 15) is 4.79 Å². The first-order valence-electron chi connectivity index (χ1n) is 5.32. The molecule has 17 heavy (non-hydrogen) atoms. The number of nitrogens with one attached hydrogen (secondary N) is 1. The molecule has 1 N–H and O–H groups in total. The van der Waals surface area contributed by atoms with E-state index in [0.29, 0.717) is 0 Å². The molecule has 0 atom stereocenters. The normalized spacial score (nSPS) is 10.5. The average molecular weight is 232 g/mol. The molecule has 0 aromatic heterocycles. The van der Waals surface area contributed by atoms with Crippen molar-refractivity contribution in [1.82, 2.24) is 5.32 Å². The van der Waals surface area contributed by atoms with Gasteiger partial charge >= 0.3 is 0 Å². The molecule has 4 nitrogen and oxygen atoms in total. The van der Waals surface area contributed by atoms with Crippen molar-refractivity contribution in [3.8, 4) is 11.8 Å². The summed E-state index contributed by atoms with van der Waals surface area (Å²) in [5.41, 5.74) is 0.408. The van der Waals surface area contributed by atoms with Gasteiger partial charge in [-0.2, -0.15) is 5.26 Å². The number of methoxy groups -OCH3 is 1. The van der Waals surface area contributed by atoms with E-state index < -0.39 is 5.54 Å². The molecular weight excluding hydrogens is 216 g/mol. The van der Waals surface area contributed by atoms with Gasteiger partial charge in [0.05, 0.1) is 18.7 Å². The summed E-state index contributed by atoms with van der Waals surface area (Å²) in [6.07, 6.45) is -0.132. The summed E-state index contributed by atoms with van der Waals surface area (Å²) in [6, 6.07) is 9.32. The van der Waals surface area contributed by atoms with Crippen molar-refractivity contribution in [2.24, 2.45) is 0 Å². The second-order valence-electron chi connectivity index (χ2n) is 4.24. The summed E-state index contributed by atoms with van der Waals surface area (Å²) in [6.45, 7) is 3.77. The van der Waals surface area contributed by atoms with Crippen molar-refractivity contribution < 1.29 is 9.53 Å². The minimum atomic E-state index is -0.525. The lowest BCUT2D eigenvalue weighted by Gasteiger charge is -2.26. The van der Waals surface area contributed by atoms with Crippen LogP contribution in [-0.2, 0) is 10.3 Å². The molecule has 0 radical (unpaired) electrons. The van der Waals surface area contributed by atoms with Crippen LogP contribution in [-0.4, -0.2) is 13.0 Å². The molecule has 0 saturated carbocycles. The van der Waals surface area contributed by atoms with Gasteiger partial charge in [-0.05, 0) is 31.5 Å². The van der Waals surface area contributed by atoms with Gasteiger partial charge in [-0.1, -0.05) is 12.1 Å². The van der Waals surface area contributed by atoms with E-state index in [1.165, 1.54) is 0 Å². The second-order valence-corrected chi connectivity index (χ2v) is 4.24. The number of ether oxygens (including phenoxy) is 1. The van der Waals surface area contributed by atoms with Crippen LogP contribution in [0, 0.1) is 11.3 Å². The summed E-state index contributed by atoms with van der Waals surface area (Å²) < 4.78 is 5.14. The van der Waals surface area contributed by atoms with Crippen molar-refractivity contribution in [2.75, 3.05) is 7.11 Å². The Kier molecular flexibility index (Phi) is 4.11. The highest BCUT2D eigenvalue weighted by molar-refractivity contribution is 5.78. The Hall–Kier alpha value is -2.02. The van der Waals surface area contributed by atoms with Crippen molar-refractivity contribution in [1.29, 1.82) is 5.26 Å². The highest BCUT2D eigenvalue weighted by atomic mass is 16.5. The van der Waals surface area contributed by atoms with E-state index in [2.05, 4.69) is 5.32 Å². The molecule has 90 valence electrons. The summed E-state index contributed by atoms with van der Waals surface area (Å²) in [4.78, 5) is 11.4. The Morgan fingerprint density at radius 2 is 2.24 bits per heavy atom. The fraction of sp³-hybridized carbons (Fsp3) is 0.385. The third-order valence-electron chi connectivity index (χ3n) is 2.48. The van der Waals surface area contributed by atoms with Crippen LogP contribution in [0.4, 0.5) is 0 Å². The van der Waals surface area contributed by atoms with E-state index in [1.54, 1.807) is 7.11 Å². The number of hydrogen-bond acceptors (Lipinski definition) is 3. The van der Waals surface area contributed by atoms with E-state index in [1.807, 2.05) is 44.2 Å². The zero-order chi connectivity index (χ0) is 12.9. The first-order chi connectivity index (χ1) is 7.99. The maximum Gasteiger partial charge on any atom is 0.234 e. The molecule has 0 unspecified atom stereocenters. The minimum absolute atomic E-state index is 0.132. The predicted molar refractivity (Wildman–Crippen MR) is 64.4 cm³/mol. The molecule has 0 aliphatic rings. The second kappa shape index (κ2) is 5.35. The van der Waals surface area contributed by atoms with E-state index in [0.717, 1.165) is 11.3 Å². The quantitative estimate of drug-likeness (QED) is 0.863. The molecule has 0 aliphatic carbocycles. The smallest absolute Gasteiger partial charge is 0.234 e. The lowest BCUT2D eigenvalue weighted by Crippen LogP contribution is -2.40. The SMILES string of the molecule is COc1cccc(C(C)(C)NC(=O)CC#N)c1. The van der Waals surface area contributed by atoms with E-state index in [4.69, 9.17) is 10.00 Å². The summed E-state index contributed by atoms with van der Waals surface area (Å²) in [5.74, 6) is 0.463. The Balaban J connectivity index is 2.88. The first-order valence-corrected chi connectivity index (χ1v) is 5.32. The average Bonchev–Trinajstić information content (AvgIpc) is 2.28. The lowest BCUT2D eigenvalue weighted by atomic mass is 9.94. The Morgan fingerprint density at radius 1 is 1.53 bits per heavy atom. The first kappa shape index (κ1) is 13.0. The standard InChI is InChI=1S/C13H16N2O2/c1-13(2,15-12(16)7-8-14)10-5-4-6-11(9-10)17-3/h4-6,9H,7H2,1-3H3,(H,15,16). The molecule has 1 aromatic carbocycles. The maximum atomic E-state index is 11.4. The van der Waals surface area contributed by atoms with Crippen LogP contribution >= 0.6 is 0 Å². The molecule has 0 fully saturated rings. The van der Waals surface area contributed by atoms with Gasteiger partial charge in [-0.15, -0.1) is 0 Å². The number of hydrogen-bond donors (Lipinski definition) is 1. The van der Waals surface area contributed by atoms with Crippen molar-refractivity contribution in [3.05, 3.63) is 29.8 Å². The molecular formula is C13H16N2O2. The Bertz CT molecular complexity index is 447. The number of carbonyl (C=O) groups excluding carboxylic acids is 1. The molecule has 1 aromatic rings. The van der Waals surface area contributed by atoms with Gasteiger partial charge in [-0.3, -0.25) is 4.79 Å². The van der Waals surface area contributed by atoms with Crippen LogP contribution in [0.2, 0.25) is 0 Å². The summed E-state index contributed by atoms with van der Waals surface area (Å²) >= 11 is 0. The predicted octanol–water partition coefficient (Wildman–Crippen LogP) is 1.96. The van der Waals surface area contributed by atoms with Crippen molar-refractivity contribution in [2.45, 2.75) is 25.8 Å². The van der Waals surface area contributed by atoms with Crippen LogP contribution in [0.15, 0.2) is 24.3 Å². The van der Waals surface area contributed by atoms with Crippen LogP contribution < -0.4 is 10.1 Å². The number of amides is 1. The maximum absolute atomic E-state index is 11.4. The van der Waals surface area contributed by atoms with E-state index in [-0.39, 0.29) is 12.3 Å². The Morgan fingerprint density at radius 3 is 2.82 bits per heavy atom. The number of rotatable bonds is 4. The van der Waals surface area contributed by atoms with Crippen LogP contribution in [0.25, 0.3) is 0 Å². The molecule has 0 spiro atoms. The third kappa shape index (κ3) is 3.49. The summed E-state index contributed by atoms with van der Waals surface area (Å²) in [5, 5.41) is 11.3. The van der Waals surface area contributed by atoms with Crippen LogP contribution in [0.5, 0.6) is 5.75 Å². The minimum Gasteiger partial charge on any atom is -0.497 e. The molecule has 0 heterocycles. The topological polar surface area (TPSA) is 62.1 Å². The number of nitrogens with zero attached hydrogens (tertiary/aromatic N) is 1.